The first-order valence-electron chi connectivity index (χ1n) is 9.73. The molecule has 1 aliphatic heterocycles. The molecule has 0 spiro atoms. The van der Waals surface area contributed by atoms with Crippen LogP contribution in [-0.4, -0.2) is 28.4 Å². The van der Waals surface area contributed by atoms with Crippen LogP contribution in [-0.2, 0) is 16.0 Å². The van der Waals surface area contributed by atoms with E-state index in [1.807, 2.05) is 0 Å². The van der Waals surface area contributed by atoms with E-state index < -0.39 is 29.2 Å². The zero-order chi connectivity index (χ0) is 23.1. The summed E-state index contributed by atoms with van der Waals surface area (Å²) in [6.07, 6.45) is 0.0735. The number of nitrogens with zero attached hydrogens (tertiary/aromatic N) is 3. The van der Waals surface area contributed by atoms with Gasteiger partial charge in [0.2, 0.25) is 0 Å². The van der Waals surface area contributed by atoms with Crippen LogP contribution in [0.2, 0.25) is 5.02 Å². The lowest BCUT2D eigenvalue weighted by Gasteiger charge is -2.29. The van der Waals surface area contributed by atoms with E-state index in [1.165, 1.54) is 17.2 Å². The number of amides is 2. The van der Waals surface area contributed by atoms with Gasteiger partial charge in [-0.3, -0.25) is 4.90 Å². The number of fused-ring (bicyclic) bond motifs is 2. The molecule has 0 radical (unpaired) electrons. The van der Waals surface area contributed by atoms with E-state index in [9.17, 15) is 14.0 Å². The number of anilines is 3. The van der Waals surface area contributed by atoms with Gasteiger partial charge in [-0.2, -0.15) is 0 Å². The first-order valence-corrected chi connectivity index (χ1v) is 10.1. The van der Waals surface area contributed by atoms with Gasteiger partial charge in [-0.05, 0) is 53.7 Å². The van der Waals surface area contributed by atoms with Crippen molar-refractivity contribution < 1.29 is 23.5 Å². The summed E-state index contributed by atoms with van der Waals surface area (Å²) in [4.78, 5) is 33.0. The Morgan fingerprint density at radius 2 is 1.65 bits per heavy atom. The van der Waals surface area contributed by atoms with Crippen LogP contribution >= 0.6 is 11.6 Å². The van der Waals surface area contributed by atoms with E-state index in [0.29, 0.717) is 5.56 Å². The number of benzene rings is 1. The summed E-state index contributed by atoms with van der Waals surface area (Å²) < 4.78 is 25.6. The van der Waals surface area contributed by atoms with Gasteiger partial charge in [-0.1, -0.05) is 17.7 Å². The SMILES string of the molecule is CC(C)(C)OC(=O)N1Cc2cccnc2N(C(=O)OC(C)(C)C)c2cc(F)c(Cl)cc21. The van der Waals surface area contributed by atoms with Crippen molar-refractivity contribution in [2.24, 2.45) is 0 Å². The summed E-state index contributed by atoms with van der Waals surface area (Å²) in [5.74, 6) is -0.525. The number of hydrogen-bond donors (Lipinski definition) is 0. The molecule has 0 saturated heterocycles. The van der Waals surface area contributed by atoms with Gasteiger partial charge in [0.1, 0.15) is 22.8 Å². The molecular formula is C22H25ClFN3O4. The minimum atomic E-state index is -0.811. The third kappa shape index (κ3) is 5.07. The molecule has 9 heteroatoms. The molecule has 31 heavy (non-hydrogen) atoms. The summed E-state index contributed by atoms with van der Waals surface area (Å²) in [5.41, 5.74) is -0.763. The molecule has 0 saturated carbocycles. The van der Waals surface area contributed by atoms with Crippen LogP contribution in [0.25, 0.3) is 0 Å². The highest BCUT2D eigenvalue weighted by molar-refractivity contribution is 6.31. The van der Waals surface area contributed by atoms with E-state index in [1.54, 1.807) is 53.7 Å². The van der Waals surface area contributed by atoms with Gasteiger partial charge in [0.05, 0.1) is 22.9 Å². The van der Waals surface area contributed by atoms with Crippen molar-refractivity contribution in [3.05, 3.63) is 46.9 Å². The standard InChI is InChI=1S/C22H25ClFN3O4/c1-21(2,3)30-19(28)26-12-13-8-7-9-25-18(13)27(20(29)31-22(4,5)6)17-11-15(24)14(23)10-16(17)26/h7-11H,12H2,1-6H3. The van der Waals surface area contributed by atoms with E-state index in [2.05, 4.69) is 4.98 Å². The first-order chi connectivity index (χ1) is 14.3. The molecule has 0 bridgehead atoms. The fourth-order valence-corrected chi connectivity index (χ4v) is 3.18. The smallest absolute Gasteiger partial charge is 0.420 e. The molecule has 1 aromatic heterocycles. The highest BCUT2D eigenvalue weighted by Crippen LogP contribution is 2.43. The number of carbonyl (C=O) groups is 2. The van der Waals surface area contributed by atoms with Crippen molar-refractivity contribution in [2.75, 3.05) is 9.80 Å². The lowest BCUT2D eigenvalue weighted by Crippen LogP contribution is -2.37. The normalized spacial score (nSPS) is 13.8. The topological polar surface area (TPSA) is 72.0 Å². The molecule has 1 aliphatic rings. The Balaban J connectivity index is 2.24. The molecule has 2 aromatic rings. The summed E-state index contributed by atoms with van der Waals surface area (Å²) >= 11 is 6.04. The predicted molar refractivity (Wildman–Crippen MR) is 116 cm³/mol. The average molecular weight is 450 g/mol. The zero-order valence-corrected chi connectivity index (χ0v) is 19.1. The molecule has 0 fully saturated rings. The number of halogens is 2. The largest absolute Gasteiger partial charge is 0.443 e. The van der Waals surface area contributed by atoms with Crippen molar-refractivity contribution >= 4 is 41.0 Å². The highest BCUT2D eigenvalue weighted by Gasteiger charge is 2.37. The molecule has 166 valence electrons. The van der Waals surface area contributed by atoms with Gasteiger partial charge in [0, 0.05) is 17.8 Å². The molecule has 0 unspecified atom stereocenters. The van der Waals surface area contributed by atoms with Gasteiger partial charge in [0.25, 0.3) is 0 Å². The highest BCUT2D eigenvalue weighted by atomic mass is 35.5. The second-order valence-corrected chi connectivity index (χ2v) is 9.53. The van der Waals surface area contributed by atoms with E-state index >= 15 is 0 Å². The number of hydrogen-bond acceptors (Lipinski definition) is 5. The summed E-state index contributed by atoms with van der Waals surface area (Å²) in [5, 5.41) is -0.199. The van der Waals surface area contributed by atoms with Crippen LogP contribution < -0.4 is 9.80 Å². The zero-order valence-electron chi connectivity index (χ0n) is 18.3. The van der Waals surface area contributed by atoms with Crippen LogP contribution in [0, 0.1) is 5.82 Å². The maximum atomic E-state index is 14.5. The van der Waals surface area contributed by atoms with Gasteiger partial charge in [0.15, 0.2) is 0 Å². The number of carbonyl (C=O) groups excluding carboxylic acids is 2. The molecular weight excluding hydrogens is 425 g/mol. The maximum Gasteiger partial charge on any atom is 0.420 e. The van der Waals surface area contributed by atoms with Gasteiger partial charge in [-0.25, -0.2) is 23.9 Å². The van der Waals surface area contributed by atoms with Gasteiger partial charge in [-0.15, -0.1) is 0 Å². The Bertz CT molecular complexity index is 1030. The van der Waals surface area contributed by atoms with Gasteiger partial charge < -0.3 is 9.47 Å². The number of rotatable bonds is 0. The fraction of sp³-hybridized carbons (Fsp3) is 0.409. The van der Waals surface area contributed by atoms with E-state index in [0.717, 1.165) is 11.0 Å². The maximum absolute atomic E-state index is 14.5. The molecule has 0 N–H and O–H groups in total. The summed E-state index contributed by atoms with van der Waals surface area (Å²) in [6, 6.07) is 5.78. The number of aromatic nitrogens is 1. The number of pyridine rings is 1. The third-order valence-corrected chi connectivity index (χ3v) is 4.44. The Hall–Kier alpha value is -2.87. The Kier molecular flexibility index (Phi) is 5.88. The van der Waals surface area contributed by atoms with Crippen LogP contribution in [0.15, 0.2) is 30.5 Å². The summed E-state index contributed by atoms with van der Waals surface area (Å²) in [6.45, 7) is 10.4. The monoisotopic (exact) mass is 449 g/mol. The Morgan fingerprint density at radius 3 is 2.26 bits per heavy atom. The minimum absolute atomic E-state index is 0.0341. The molecule has 3 rings (SSSR count). The van der Waals surface area contributed by atoms with E-state index in [4.69, 9.17) is 21.1 Å². The van der Waals surface area contributed by atoms with Crippen molar-refractivity contribution in [3.63, 3.8) is 0 Å². The number of ether oxygens (including phenoxy) is 2. The molecule has 0 atom stereocenters. The third-order valence-electron chi connectivity index (χ3n) is 4.15. The second-order valence-electron chi connectivity index (χ2n) is 9.12. The molecule has 1 aromatic carbocycles. The average Bonchev–Trinajstić information content (AvgIpc) is 2.74. The van der Waals surface area contributed by atoms with Crippen LogP contribution in [0.5, 0.6) is 0 Å². The molecule has 0 aliphatic carbocycles. The van der Waals surface area contributed by atoms with E-state index in [-0.39, 0.29) is 28.8 Å². The predicted octanol–water partition coefficient (Wildman–Crippen LogP) is 6.20. The fourth-order valence-electron chi connectivity index (χ4n) is 3.02. The summed E-state index contributed by atoms with van der Waals surface area (Å²) in [7, 11) is 0. The van der Waals surface area contributed by atoms with Crippen molar-refractivity contribution in [3.8, 4) is 0 Å². The Labute approximate surface area is 185 Å². The van der Waals surface area contributed by atoms with Gasteiger partial charge >= 0.3 is 12.2 Å². The van der Waals surface area contributed by atoms with Crippen molar-refractivity contribution in [1.82, 2.24) is 4.98 Å². The lowest BCUT2D eigenvalue weighted by molar-refractivity contribution is 0.0571. The van der Waals surface area contributed by atoms with Crippen LogP contribution in [0.3, 0.4) is 0 Å². The lowest BCUT2D eigenvalue weighted by atomic mass is 10.2. The molecule has 7 nitrogen and oxygen atoms in total. The van der Waals surface area contributed by atoms with Crippen molar-refractivity contribution in [2.45, 2.75) is 59.3 Å². The molecule has 2 amide bonds. The minimum Gasteiger partial charge on any atom is -0.443 e. The van der Waals surface area contributed by atoms with Crippen LogP contribution in [0.1, 0.15) is 47.1 Å². The molecule has 2 heterocycles. The van der Waals surface area contributed by atoms with Crippen LogP contribution in [0.4, 0.5) is 31.2 Å². The quantitative estimate of drug-likeness (QED) is 0.478. The Morgan fingerprint density at radius 1 is 1.03 bits per heavy atom. The first kappa shape index (κ1) is 22.8. The second kappa shape index (κ2) is 8.00. The van der Waals surface area contributed by atoms with Crippen molar-refractivity contribution in [1.29, 1.82) is 0 Å².